The minimum Gasteiger partial charge on any atom is -0.480 e. The van der Waals surface area contributed by atoms with E-state index in [0.717, 1.165) is 12.8 Å². The van der Waals surface area contributed by atoms with Gasteiger partial charge in [-0.15, -0.1) is 0 Å². The van der Waals surface area contributed by atoms with Crippen LogP contribution in [-0.4, -0.2) is 22.7 Å². The Kier molecular flexibility index (Phi) is 1.65. The summed E-state index contributed by atoms with van der Waals surface area (Å²) in [5.74, 6) is -0.0933. The Labute approximate surface area is 72.2 Å². The third-order valence-electron chi connectivity index (χ3n) is 3.47. The van der Waals surface area contributed by atoms with Crippen molar-refractivity contribution in [3.63, 3.8) is 0 Å². The Morgan fingerprint density at radius 2 is 2.42 bits per heavy atom. The van der Waals surface area contributed by atoms with Gasteiger partial charge in [0.1, 0.15) is 6.04 Å². The van der Waals surface area contributed by atoms with E-state index in [9.17, 15) is 4.79 Å². The van der Waals surface area contributed by atoms with E-state index in [1.54, 1.807) is 0 Å². The first-order valence-corrected chi connectivity index (χ1v) is 4.62. The van der Waals surface area contributed by atoms with Gasteiger partial charge >= 0.3 is 5.97 Å². The number of carboxylic acids is 1. The Bertz CT molecular complexity index is 217. The van der Waals surface area contributed by atoms with Crippen molar-refractivity contribution < 1.29 is 9.90 Å². The molecule has 1 saturated carbocycles. The maximum absolute atomic E-state index is 10.7. The highest BCUT2D eigenvalue weighted by molar-refractivity contribution is 5.74. The van der Waals surface area contributed by atoms with Crippen molar-refractivity contribution in [3.8, 4) is 0 Å². The molecule has 0 aromatic carbocycles. The van der Waals surface area contributed by atoms with Gasteiger partial charge < -0.3 is 5.11 Å². The highest BCUT2D eigenvalue weighted by Gasteiger charge is 2.48. The fourth-order valence-electron chi connectivity index (χ4n) is 2.71. The van der Waals surface area contributed by atoms with E-state index in [1.807, 2.05) is 0 Å². The van der Waals surface area contributed by atoms with Gasteiger partial charge in [-0.3, -0.25) is 10.1 Å². The second-order valence-corrected chi connectivity index (χ2v) is 4.28. The minimum atomic E-state index is -0.689. The van der Waals surface area contributed by atoms with Crippen LogP contribution in [-0.2, 0) is 4.79 Å². The van der Waals surface area contributed by atoms with Crippen molar-refractivity contribution in [1.82, 2.24) is 5.32 Å². The van der Waals surface area contributed by atoms with Crippen LogP contribution in [0.25, 0.3) is 0 Å². The van der Waals surface area contributed by atoms with Gasteiger partial charge in [-0.1, -0.05) is 6.42 Å². The van der Waals surface area contributed by atoms with Crippen LogP contribution < -0.4 is 5.32 Å². The summed E-state index contributed by atoms with van der Waals surface area (Å²) in [6.45, 7) is 2.16. The van der Waals surface area contributed by atoms with Gasteiger partial charge in [-0.05, 0) is 32.1 Å². The molecule has 0 bridgehead atoms. The molecule has 2 fully saturated rings. The number of carbonyl (C=O) groups is 1. The number of rotatable bonds is 1. The quantitative estimate of drug-likeness (QED) is 0.615. The molecule has 0 amide bonds. The number of fused-ring (bicyclic) bond motifs is 1. The molecule has 2 unspecified atom stereocenters. The Balaban J connectivity index is 2.11. The molecule has 0 radical (unpaired) electrons. The fraction of sp³-hybridized carbons (Fsp3) is 0.889. The highest BCUT2D eigenvalue weighted by atomic mass is 16.4. The monoisotopic (exact) mass is 169 g/mol. The summed E-state index contributed by atoms with van der Waals surface area (Å²) in [7, 11) is 0. The lowest BCUT2D eigenvalue weighted by Gasteiger charge is -2.24. The van der Waals surface area contributed by atoms with E-state index in [2.05, 4.69) is 12.2 Å². The summed E-state index contributed by atoms with van der Waals surface area (Å²) in [5, 5.41) is 12.0. The van der Waals surface area contributed by atoms with E-state index >= 15 is 0 Å². The summed E-state index contributed by atoms with van der Waals surface area (Å²) < 4.78 is 0. The van der Waals surface area contributed by atoms with Crippen LogP contribution in [0.4, 0.5) is 0 Å². The van der Waals surface area contributed by atoms with Crippen LogP contribution in [0.5, 0.6) is 0 Å². The second-order valence-electron chi connectivity index (χ2n) is 4.28. The number of hydrogen-bond donors (Lipinski definition) is 2. The Morgan fingerprint density at radius 1 is 1.67 bits per heavy atom. The zero-order valence-corrected chi connectivity index (χ0v) is 7.34. The van der Waals surface area contributed by atoms with Crippen molar-refractivity contribution in [2.75, 3.05) is 0 Å². The van der Waals surface area contributed by atoms with Gasteiger partial charge in [0.2, 0.25) is 0 Å². The molecule has 12 heavy (non-hydrogen) atoms. The van der Waals surface area contributed by atoms with Gasteiger partial charge in [0.25, 0.3) is 0 Å². The third-order valence-corrected chi connectivity index (χ3v) is 3.47. The van der Waals surface area contributed by atoms with Gasteiger partial charge in [0.05, 0.1) is 0 Å². The topological polar surface area (TPSA) is 49.3 Å². The molecule has 0 aromatic heterocycles. The van der Waals surface area contributed by atoms with E-state index in [-0.39, 0.29) is 11.6 Å². The number of hydrogen-bond acceptors (Lipinski definition) is 2. The van der Waals surface area contributed by atoms with Gasteiger partial charge in [-0.2, -0.15) is 0 Å². The molecule has 3 atom stereocenters. The molecular weight excluding hydrogens is 154 g/mol. The maximum atomic E-state index is 10.7. The molecule has 2 aliphatic rings. The van der Waals surface area contributed by atoms with Crippen molar-refractivity contribution >= 4 is 5.97 Å². The second kappa shape index (κ2) is 2.46. The lowest BCUT2D eigenvalue weighted by atomic mass is 9.91. The lowest BCUT2D eigenvalue weighted by molar-refractivity contribution is -0.139. The van der Waals surface area contributed by atoms with Gasteiger partial charge in [-0.25, -0.2) is 0 Å². The molecule has 1 heterocycles. The van der Waals surface area contributed by atoms with Crippen LogP contribution in [0.15, 0.2) is 0 Å². The average Bonchev–Trinajstić information content (AvgIpc) is 2.41. The third kappa shape index (κ3) is 1.04. The highest BCUT2D eigenvalue weighted by Crippen LogP contribution is 2.43. The lowest BCUT2D eigenvalue weighted by Crippen LogP contribution is -2.43. The van der Waals surface area contributed by atoms with Crippen molar-refractivity contribution in [1.29, 1.82) is 0 Å². The molecule has 3 nitrogen and oxygen atoms in total. The van der Waals surface area contributed by atoms with E-state index in [4.69, 9.17) is 5.11 Å². The molecule has 3 heteroatoms. The number of aliphatic carboxylic acids is 1. The summed E-state index contributed by atoms with van der Waals surface area (Å²) >= 11 is 0. The standard InChI is InChI=1S/C9H15NO2/c1-9-4-2-3-6(9)5-7(10-9)8(11)12/h6-7,10H,2-5H2,1H3,(H,11,12)/t6?,7?,9-/m0/s1. The molecule has 1 aliphatic heterocycles. The minimum absolute atomic E-state index is 0.128. The van der Waals surface area contributed by atoms with E-state index < -0.39 is 5.97 Å². The SMILES string of the molecule is C[C@]12CCCC1CC(C(=O)O)N2. The largest absolute Gasteiger partial charge is 0.480 e. The summed E-state index contributed by atoms with van der Waals surface area (Å²) in [6, 6.07) is -0.291. The van der Waals surface area contributed by atoms with Crippen LogP contribution in [0, 0.1) is 5.92 Å². The number of nitrogens with one attached hydrogen (secondary N) is 1. The Hall–Kier alpha value is -0.570. The number of carboxylic acid groups (broad SMARTS) is 1. The van der Waals surface area contributed by atoms with Crippen molar-refractivity contribution in [3.05, 3.63) is 0 Å². The molecule has 0 spiro atoms. The Morgan fingerprint density at radius 3 is 3.00 bits per heavy atom. The summed E-state index contributed by atoms with van der Waals surface area (Å²) in [4.78, 5) is 10.7. The van der Waals surface area contributed by atoms with Crippen LogP contribution in [0.2, 0.25) is 0 Å². The van der Waals surface area contributed by atoms with Crippen LogP contribution >= 0.6 is 0 Å². The van der Waals surface area contributed by atoms with Crippen LogP contribution in [0.1, 0.15) is 32.6 Å². The van der Waals surface area contributed by atoms with Gasteiger partial charge in [0.15, 0.2) is 0 Å². The fourth-order valence-corrected chi connectivity index (χ4v) is 2.71. The molecule has 2 N–H and O–H groups in total. The molecule has 0 aromatic rings. The molecular formula is C9H15NO2. The molecule has 1 saturated heterocycles. The first kappa shape index (κ1) is 8.05. The van der Waals surface area contributed by atoms with Crippen molar-refractivity contribution in [2.45, 2.75) is 44.2 Å². The average molecular weight is 169 g/mol. The van der Waals surface area contributed by atoms with Crippen molar-refractivity contribution in [2.24, 2.45) is 5.92 Å². The first-order valence-electron chi connectivity index (χ1n) is 4.62. The predicted octanol–water partition coefficient (Wildman–Crippen LogP) is 0.992. The zero-order valence-electron chi connectivity index (χ0n) is 7.34. The maximum Gasteiger partial charge on any atom is 0.320 e. The van der Waals surface area contributed by atoms with Crippen LogP contribution in [0.3, 0.4) is 0 Å². The molecule has 68 valence electrons. The van der Waals surface area contributed by atoms with E-state index in [1.165, 1.54) is 12.8 Å². The summed E-state index contributed by atoms with van der Waals surface area (Å²) in [6.07, 6.45) is 4.42. The molecule has 1 aliphatic carbocycles. The molecule has 2 rings (SSSR count). The predicted molar refractivity (Wildman–Crippen MR) is 44.9 cm³/mol. The summed E-state index contributed by atoms with van der Waals surface area (Å²) in [5.41, 5.74) is 0.128. The zero-order chi connectivity index (χ0) is 8.77. The first-order chi connectivity index (χ1) is 5.62. The smallest absolute Gasteiger partial charge is 0.320 e. The van der Waals surface area contributed by atoms with Gasteiger partial charge in [0, 0.05) is 5.54 Å². The normalized spacial score (nSPS) is 46.1. The van der Waals surface area contributed by atoms with E-state index in [0.29, 0.717) is 5.92 Å².